The van der Waals surface area contributed by atoms with Crippen LogP contribution >= 0.6 is 0 Å². The zero-order chi connectivity index (χ0) is 58.5. The minimum absolute atomic E-state index is 0.0920. The Morgan fingerprint density at radius 3 is 0.778 bits per heavy atom. The third-order valence-corrected chi connectivity index (χ3v) is 15.4. The van der Waals surface area contributed by atoms with Gasteiger partial charge in [-0.15, -0.1) is 0 Å². The molecule has 0 radical (unpaired) electrons. The van der Waals surface area contributed by atoms with Crippen LogP contribution in [0.2, 0.25) is 0 Å². The minimum atomic E-state index is -0.801. The summed E-state index contributed by atoms with van der Waals surface area (Å²) in [6.07, 6.45) is 91.9. The summed E-state index contributed by atoms with van der Waals surface area (Å²) in [5.41, 5.74) is 0. The topological polar surface area (TPSA) is 78.9 Å². The highest BCUT2D eigenvalue weighted by Gasteiger charge is 2.19. The number of unbranched alkanes of at least 4 members (excludes halogenated alkanes) is 39. The molecule has 0 fully saturated rings. The number of rotatable bonds is 64. The maximum atomic E-state index is 12.9. The van der Waals surface area contributed by atoms with E-state index in [0.717, 1.165) is 122 Å². The van der Waals surface area contributed by atoms with Gasteiger partial charge < -0.3 is 14.2 Å². The van der Waals surface area contributed by atoms with E-state index >= 15 is 0 Å². The fraction of sp³-hybridized carbons (Fsp3) is 0.773. The minimum Gasteiger partial charge on any atom is -0.462 e. The third-order valence-electron chi connectivity index (χ3n) is 15.4. The lowest BCUT2D eigenvalue weighted by Crippen LogP contribution is -2.30. The average molecular weight is 1130 g/mol. The van der Waals surface area contributed by atoms with Crippen LogP contribution in [0.25, 0.3) is 0 Å². The number of carbonyl (C=O) groups excluding carboxylic acids is 3. The summed E-state index contributed by atoms with van der Waals surface area (Å²) in [5.74, 6) is -0.922. The molecule has 6 heteroatoms. The Hall–Kier alpha value is -3.41. The van der Waals surface area contributed by atoms with Gasteiger partial charge in [0.25, 0.3) is 0 Å². The van der Waals surface area contributed by atoms with Crippen molar-refractivity contribution in [1.29, 1.82) is 0 Å². The van der Waals surface area contributed by atoms with Gasteiger partial charge in [0.05, 0.1) is 0 Å². The Morgan fingerprint density at radius 1 is 0.259 bits per heavy atom. The molecule has 0 aromatic heterocycles. The molecule has 0 aliphatic carbocycles. The summed E-state index contributed by atoms with van der Waals surface area (Å²) >= 11 is 0. The quantitative estimate of drug-likeness (QED) is 0.0261. The van der Waals surface area contributed by atoms with Gasteiger partial charge in [-0.2, -0.15) is 0 Å². The normalized spacial score (nSPS) is 12.6. The monoisotopic (exact) mass is 1130 g/mol. The van der Waals surface area contributed by atoms with Gasteiger partial charge >= 0.3 is 17.9 Å². The Morgan fingerprint density at radius 2 is 0.481 bits per heavy atom. The Labute approximate surface area is 503 Å². The molecule has 468 valence electrons. The first-order valence-electron chi connectivity index (χ1n) is 35.1. The molecule has 0 saturated heterocycles. The van der Waals surface area contributed by atoms with Gasteiger partial charge in [0.1, 0.15) is 13.2 Å². The zero-order valence-electron chi connectivity index (χ0n) is 53.8. The fourth-order valence-electron chi connectivity index (χ4n) is 10.2. The molecule has 6 nitrogen and oxygen atoms in total. The number of allylic oxidation sites excluding steroid dienone is 14. The molecule has 0 spiro atoms. The summed E-state index contributed by atoms with van der Waals surface area (Å²) in [6, 6.07) is 0. The third kappa shape index (κ3) is 67.3. The van der Waals surface area contributed by atoms with Gasteiger partial charge in [-0.3, -0.25) is 14.4 Å². The summed E-state index contributed by atoms with van der Waals surface area (Å²) in [7, 11) is 0. The number of carbonyl (C=O) groups is 3. The van der Waals surface area contributed by atoms with Crippen LogP contribution in [0, 0.1) is 0 Å². The number of hydrogen-bond donors (Lipinski definition) is 0. The van der Waals surface area contributed by atoms with Gasteiger partial charge in [-0.25, -0.2) is 0 Å². The van der Waals surface area contributed by atoms with Crippen molar-refractivity contribution in [2.24, 2.45) is 0 Å². The van der Waals surface area contributed by atoms with Crippen molar-refractivity contribution in [3.63, 3.8) is 0 Å². The molecule has 1 unspecified atom stereocenters. The fourth-order valence-corrected chi connectivity index (χ4v) is 10.2. The van der Waals surface area contributed by atoms with Gasteiger partial charge in [0.15, 0.2) is 6.10 Å². The smallest absolute Gasteiger partial charge is 0.306 e. The maximum absolute atomic E-state index is 12.9. The number of hydrogen-bond acceptors (Lipinski definition) is 6. The van der Waals surface area contributed by atoms with Crippen LogP contribution in [0.4, 0.5) is 0 Å². The second-order valence-electron chi connectivity index (χ2n) is 23.4. The van der Waals surface area contributed by atoms with Crippen molar-refractivity contribution in [2.45, 2.75) is 361 Å². The predicted molar refractivity (Wildman–Crippen MR) is 353 cm³/mol. The molecule has 0 bridgehead atoms. The summed E-state index contributed by atoms with van der Waals surface area (Å²) < 4.78 is 16.9. The largest absolute Gasteiger partial charge is 0.462 e. The van der Waals surface area contributed by atoms with Crippen molar-refractivity contribution in [1.82, 2.24) is 0 Å². The van der Waals surface area contributed by atoms with Crippen LogP contribution < -0.4 is 0 Å². The van der Waals surface area contributed by atoms with E-state index in [-0.39, 0.29) is 37.5 Å². The van der Waals surface area contributed by atoms with Crippen LogP contribution in [0.5, 0.6) is 0 Å². The van der Waals surface area contributed by atoms with Gasteiger partial charge in [-0.1, -0.05) is 324 Å². The van der Waals surface area contributed by atoms with E-state index in [0.29, 0.717) is 12.8 Å². The lowest BCUT2D eigenvalue weighted by molar-refractivity contribution is -0.167. The van der Waals surface area contributed by atoms with Crippen molar-refractivity contribution in [2.75, 3.05) is 13.2 Å². The second kappa shape index (κ2) is 69.1. The van der Waals surface area contributed by atoms with E-state index in [9.17, 15) is 14.4 Å². The second-order valence-corrected chi connectivity index (χ2v) is 23.4. The van der Waals surface area contributed by atoms with E-state index in [1.54, 1.807) is 0 Å². The molecule has 0 aliphatic heterocycles. The van der Waals surface area contributed by atoms with E-state index in [2.05, 4.69) is 106 Å². The molecule has 0 saturated carbocycles. The molecule has 0 N–H and O–H groups in total. The van der Waals surface area contributed by atoms with Crippen LogP contribution in [-0.4, -0.2) is 37.2 Å². The number of esters is 3. The first kappa shape index (κ1) is 77.6. The van der Waals surface area contributed by atoms with Gasteiger partial charge in [0, 0.05) is 19.3 Å². The highest BCUT2D eigenvalue weighted by atomic mass is 16.6. The first-order chi connectivity index (χ1) is 40.0. The molecule has 0 aliphatic rings. The van der Waals surface area contributed by atoms with Crippen LogP contribution in [0.15, 0.2) is 85.1 Å². The highest BCUT2D eigenvalue weighted by molar-refractivity contribution is 5.71. The van der Waals surface area contributed by atoms with Crippen molar-refractivity contribution < 1.29 is 28.6 Å². The van der Waals surface area contributed by atoms with E-state index in [1.807, 2.05) is 0 Å². The van der Waals surface area contributed by atoms with Gasteiger partial charge in [0.2, 0.25) is 0 Å². The van der Waals surface area contributed by atoms with E-state index < -0.39 is 6.10 Å². The molecule has 0 heterocycles. The van der Waals surface area contributed by atoms with Crippen molar-refractivity contribution >= 4 is 17.9 Å². The predicted octanol–water partition coefficient (Wildman–Crippen LogP) is 24.2. The molecule has 0 aromatic carbocycles. The van der Waals surface area contributed by atoms with Crippen LogP contribution in [-0.2, 0) is 28.6 Å². The average Bonchev–Trinajstić information content (AvgIpc) is 3.47. The van der Waals surface area contributed by atoms with Crippen LogP contribution in [0.3, 0.4) is 0 Å². The zero-order valence-corrected chi connectivity index (χ0v) is 53.8. The standard InChI is InChI=1S/C75H132O6/c1-4-7-10-13-16-19-22-25-28-31-33-34-35-36-37-38-39-40-41-43-44-47-50-53-56-59-62-65-68-74(77)80-71-72(70-79-73(76)67-64-61-58-55-52-49-46-30-27-24-21-18-15-12-9-6-3)81-75(78)69-66-63-60-57-54-51-48-45-42-32-29-26-23-20-17-14-11-8-5-2/h8,11,17,20-21,24,26,29-30,42,45-46,51,54,72H,4-7,9-10,12-16,18-19,22-23,25,27-28,31-41,43-44,47-50,52-53,55-71H2,1-3H3/b11-8-,20-17-,24-21-,29-26-,45-42-,46-30-,54-51-. The van der Waals surface area contributed by atoms with Crippen molar-refractivity contribution in [3.8, 4) is 0 Å². The molecule has 0 amide bonds. The molecular formula is C75H132O6. The van der Waals surface area contributed by atoms with Crippen LogP contribution in [0.1, 0.15) is 355 Å². The van der Waals surface area contributed by atoms with E-state index in [4.69, 9.17) is 14.2 Å². The number of ether oxygens (including phenoxy) is 3. The molecule has 1 atom stereocenters. The van der Waals surface area contributed by atoms with Gasteiger partial charge in [-0.05, 0) is 96.3 Å². The lowest BCUT2D eigenvalue weighted by atomic mass is 10.0. The molecular weight excluding hydrogens is 997 g/mol. The SMILES string of the molecule is CC/C=C\C/C=C\C/C=C\C/C=C\C/C=C\CCCCCC(=O)OC(COC(=O)CCCCCCC/C=C\C/C=C\CCCCCC)COC(=O)CCCCCCCCCCCCCCCCCCCCCCCCCCCCCC. The van der Waals surface area contributed by atoms with Crippen molar-refractivity contribution in [3.05, 3.63) is 85.1 Å². The first-order valence-corrected chi connectivity index (χ1v) is 35.1. The Bertz CT molecular complexity index is 1530. The molecule has 81 heavy (non-hydrogen) atoms. The molecule has 0 rings (SSSR count). The summed E-state index contributed by atoms with van der Waals surface area (Å²) in [4.78, 5) is 38.4. The Balaban J connectivity index is 4.31. The lowest BCUT2D eigenvalue weighted by Gasteiger charge is -2.18. The Kier molecular flexibility index (Phi) is 66.2. The molecule has 0 aromatic rings. The maximum Gasteiger partial charge on any atom is 0.306 e. The highest BCUT2D eigenvalue weighted by Crippen LogP contribution is 2.18. The summed E-state index contributed by atoms with van der Waals surface area (Å²) in [5, 5.41) is 0. The summed E-state index contributed by atoms with van der Waals surface area (Å²) in [6.45, 7) is 6.52. The van der Waals surface area contributed by atoms with E-state index in [1.165, 1.54) is 193 Å².